The van der Waals surface area contributed by atoms with E-state index >= 15 is 0 Å². The number of nitrogens with zero attached hydrogens (tertiary/aromatic N) is 4. The highest BCUT2D eigenvalue weighted by molar-refractivity contribution is 7.91. The minimum atomic E-state index is -3.10. The summed E-state index contributed by atoms with van der Waals surface area (Å²) in [6, 6.07) is 1.75. The number of rotatable bonds is 7. The zero-order valence-corrected chi connectivity index (χ0v) is 21.5. The molecular formula is C23H26ClF2N7O3S. The molecule has 2 aromatic heterocycles. The van der Waals surface area contributed by atoms with Gasteiger partial charge in [0.2, 0.25) is 17.8 Å². The highest BCUT2D eigenvalue weighted by Crippen LogP contribution is 2.38. The van der Waals surface area contributed by atoms with Crippen LogP contribution in [0, 0.1) is 17.6 Å². The number of aromatic nitrogens is 4. The summed E-state index contributed by atoms with van der Waals surface area (Å²) in [7, 11) is -3.10. The molecule has 198 valence electrons. The summed E-state index contributed by atoms with van der Waals surface area (Å²) in [6.07, 6.45) is 5.94. The van der Waals surface area contributed by atoms with Crippen LogP contribution in [0.4, 0.5) is 26.4 Å². The van der Waals surface area contributed by atoms with Crippen molar-refractivity contribution in [3.63, 3.8) is 0 Å². The molecule has 2 fully saturated rings. The van der Waals surface area contributed by atoms with Crippen LogP contribution in [0.15, 0.2) is 18.3 Å². The van der Waals surface area contributed by atoms with Gasteiger partial charge in [0.25, 0.3) is 0 Å². The number of nitrogens with one attached hydrogen (secondary N) is 2. The van der Waals surface area contributed by atoms with Crippen molar-refractivity contribution in [2.45, 2.75) is 55.9 Å². The predicted molar refractivity (Wildman–Crippen MR) is 135 cm³/mol. The number of amides is 1. The standard InChI is InChI=1S/C23H26ClF2N7O3S/c1-37(35,36)15-8-13(9-15)29-22-28-10-18-21(32-22)33(14-4-2-11(3-5-14)20(27)34)23(30-18)31-19-16(25)6-12(24)7-17(19)26/h6-7,10-11,13-15H,2-5,8-9H2,1H3,(H2,27,34)(H,30,31)(H,28,29,32)/t11-,13?,14-,15?. The van der Waals surface area contributed by atoms with Crippen LogP contribution in [-0.2, 0) is 14.6 Å². The molecule has 3 aromatic rings. The van der Waals surface area contributed by atoms with Crippen LogP contribution in [0.1, 0.15) is 44.6 Å². The second-order valence-electron chi connectivity index (χ2n) is 9.75. The molecule has 5 rings (SSSR count). The summed E-state index contributed by atoms with van der Waals surface area (Å²) in [5.74, 6) is -1.86. The first-order valence-corrected chi connectivity index (χ1v) is 14.2. The molecule has 4 N–H and O–H groups in total. The summed E-state index contributed by atoms with van der Waals surface area (Å²) in [6.45, 7) is 0. The van der Waals surface area contributed by atoms with Crippen molar-refractivity contribution in [2.75, 3.05) is 16.9 Å². The smallest absolute Gasteiger partial charge is 0.224 e. The molecule has 2 saturated carbocycles. The van der Waals surface area contributed by atoms with Gasteiger partial charge in [-0.25, -0.2) is 27.2 Å². The molecule has 0 atom stereocenters. The Balaban J connectivity index is 1.48. The van der Waals surface area contributed by atoms with Crippen LogP contribution < -0.4 is 16.4 Å². The maximum Gasteiger partial charge on any atom is 0.224 e. The number of hydrogen-bond donors (Lipinski definition) is 3. The Morgan fingerprint density at radius 1 is 1.14 bits per heavy atom. The van der Waals surface area contributed by atoms with Crippen LogP contribution in [0.25, 0.3) is 11.2 Å². The molecule has 0 saturated heterocycles. The number of benzene rings is 1. The van der Waals surface area contributed by atoms with Crippen LogP contribution in [0.2, 0.25) is 5.02 Å². The molecule has 2 aliphatic carbocycles. The first kappa shape index (κ1) is 25.6. The zero-order valence-electron chi connectivity index (χ0n) is 19.9. The quantitative estimate of drug-likeness (QED) is 0.401. The van der Waals surface area contributed by atoms with Crippen LogP contribution in [-0.4, -0.2) is 51.4 Å². The van der Waals surface area contributed by atoms with Gasteiger partial charge in [0.05, 0.1) is 11.4 Å². The summed E-state index contributed by atoms with van der Waals surface area (Å²) in [5.41, 5.74) is 5.93. The minimum absolute atomic E-state index is 0.0745. The lowest BCUT2D eigenvalue weighted by molar-refractivity contribution is -0.122. The third-order valence-corrected chi connectivity index (χ3v) is 8.99. The second kappa shape index (κ2) is 9.67. The molecule has 14 heteroatoms. The van der Waals surface area contributed by atoms with Gasteiger partial charge in [0, 0.05) is 29.3 Å². The molecule has 1 aromatic carbocycles. The van der Waals surface area contributed by atoms with Gasteiger partial charge < -0.3 is 16.4 Å². The zero-order chi connectivity index (χ0) is 26.5. The Hall–Kier alpha value is -3.06. The van der Waals surface area contributed by atoms with Crippen molar-refractivity contribution < 1.29 is 22.0 Å². The van der Waals surface area contributed by atoms with E-state index in [-0.39, 0.29) is 40.1 Å². The largest absolute Gasteiger partial charge is 0.369 e. The highest BCUT2D eigenvalue weighted by Gasteiger charge is 2.37. The maximum atomic E-state index is 14.6. The SMILES string of the molecule is CS(=O)(=O)C1CC(Nc2ncc3nc(Nc4c(F)cc(Cl)cc4F)n([C@H]4CC[C@H](C(N)=O)CC4)c3n2)C1. The van der Waals surface area contributed by atoms with Gasteiger partial charge in [0.15, 0.2) is 17.3 Å². The molecule has 0 bridgehead atoms. The third-order valence-electron chi connectivity index (χ3n) is 7.17. The van der Waals surface area contributed by atoms with Crippen molar-refractivity contribution >= 4 is 56.1 Å². The van der Waals surface area contributed by atoms with Gasteiger partial charge in [-0.15, -0.1) is 0 Å². The lowest BCUT2D eigenvalue weighted by atomic mass is 9.85. The first-order valence-electron chi connectivity index (χ1n) is 11.9. The Labute approximate surface area is 216 Å². The number of carbonyl (C=O) groups excluding carboxylic acids is 1. The maximum absolute atomic E-state index is 14.6. The number of fused-ring (bicyclic) bond motifs is 1. The molecule has 0 aliphatic heterocycles. The fraction of sp³-hybridized carbons (Fsp3) is 0.478. The number of halogens is 3. The van der Waals surface area contributed by atoms with Gasteiger partial charge in [-0.2, -0.15) is 4.98 Å². The minimum Gasteiger partial charge on any atom is -0.369 e. The highest BCUT2D eigenvalue weighted by atomic mass is 35.5. The van der Waals surface area contributed by atoms with E-state index in [2.05, 4.69) is 25.6 Å². The van der Waals surface area contributed by atoms with E-state index in [0.29, 0.717) is 55.6 Å². The van der Waals surface area contributed by atoms with E-state index in [4.69, 9.17) is 17.3 Å². The Bertz CT molecular complexity index is 1450. The van der Waals surface area contributed by atoms with Gasteiger partial charge in [-0.05, 0) is 50.7 Å². The number of sulfone groups is 1. The molecular weight excluding hydrogens is 528 g/mol. The summed E-state index contributed by atoms with van der Waals surface area (Å²) in [5, 5.41) is 5.46. The van der Waals surface area contributed by atoms with Crippen molar-refractivity contribution in [1.82, 2.24) is 19.5 Å². The van der Waals surface area contributed by atoms with E-state index in [9.17, 15) is 22.0 Å². The van der Waals surface area contributed by atoms with Gasteiger partial charge >= 0.3 is 0 Å². The van der Waals surface area contributed by atoms with Crippen molar-refractivity contribution in [2.24, 2.45) is 11.7 Å². The fourth-order valence-corrected chi connectivity index (χ4v) is 6.36. The average Bonchev–Trinajstić information content (AvgIpc) is 3.14. The molecule has 10 nitrogen and oxygen atoms in total. The van der Waals surface area contributed by atoms with Crippen molar-refractivity contribution in [3.8, 4) is 0 Å². The molecule has 37 heavy (non-hydrogen) atoms. The van der Waals surface area contributed by atoms with Crippen molar-refractivity contribution in [1.29, 1.82) is 0 Å². The topological polar surface area (TPSA) is 145 Å². The number of primary amides is 1. The summed E-state index contributed by atoms with van der Waals surface area (Å²) >= 11 is 5.77. The number of anilines is 3. The summed E-state index contributed by atoms with van der Waals surface area (Å²) in [4.78, 5) is 25.1. The van der Waals surface area contributed by atoms with Gasteiger partial charge in [-0.3, -0.25) is 9.36 Å². The fourth-order valence-electron chi connectivity index (χ4n) is 5.00. The lowest BCUT2D eigenvalue weighted by Crippen LogP contribution is -2.43. The van der Waals surface area contributed by atoms with E-state index in [1.54, 1.807) is 4.57 Å². The molecule has 1 amide bonds. The van der Waals surface area contributed by atoms with Crippen molar-refractivity contribution in [3.05, 3.63) is 35.0 Å². The second-order valence-corrected chi connectivity index (χ2v) is 12.5. The number of imidazole rings is 1. The van der Waals surface area contributed by atoms with Crippen LogP contribution >= 0.6 is 11.6 Å². The van der Waals surface area contributed by atoms with E-state index in [0.717, 1.165) is 12.1 Å². The molecule has 0 radical (unpaired) electrons. The first-order chi connectivity index (χ1) is 17.5. The van der Waals surface area contributed by atoms with E-state index in [1.807, 2.05) is 0 Å². The normalized spacial score (nSPS) is 24.0. The molecule has 2 heterocycles. The number of nitrogens with two attached hydrogens (primary N) is 1. The molecule has 0 spiro atoms. The van der Waals surface area contributed by atoms with Gasteiger partial charge in [0.1, 0.15) is 21.0 Å². The molecule has 0 unspecified atom stereocenters. The number of carbonyl (C=O) groups is 1. The van der Waals surface area contributed by atoms with Crippen LogP contribution in [0.3, 0.4) is 0 Å². The van der Waals surface area contributed by atoms with E-state index in [1.165, 1.54) is 12.5 Å². The average molecular weight is 554 g/mol. The third kappa shape index (κ3) is 5.19. The van der Waals surface area contributed by atoms with Crippen LogP contribution in [0.5, 0.6) is 0 Å². The van der Waals surface area contributed by atoms with E-state index < -0.39 is 27.2 Å². The summed E-state index contributed by atoms with van der Waals surface area (Å²) < 4.78 is 54.4. The predicted octanol–water partition coefficient (Wildman–Crippen LogP) is 3.71. The lowest BCUT2D eigenvalue weighted by Gasteiger charge is -2.34. The number of hydrogen-bond acceptors (Lipinski definition) is 8. The molecule has 2 aliphatic rings. The Morgan fingerprint density at radius 2 is 1.78 bits per heavy atom. The monoisotopic (exact) mass is 553 g/mol. The Kier molecular flexibility index (Phi) is 6.69. The van der Waals surface area contributed by atoms with Gasteiger partial charge in [-0.1, -0.05) is 11.6 Å². The Morgan fingerprint density at radius 3 is 2.38 bits per heavy atom.